The number of amides is 1. The van der Waals surface area contributed by atoms with Gasteiger partial charge >= 0.3 is 0 Å². The highest BCUT2D eigenvalue weighted by Crippen LogP contribution is 2.32. The number of nitrogens with one attached hydrogen (secondary N) is 1. The van der Waals surface area contributed by atoms with E-state index in [1.54, 1.807) is 6.92 Å². The van der Waals surface area contributed by atoms with Crippen molar-refractivity contribution in [3.63, 3.8) is 0 Å². The largest absolute Gasteiger partial charge is 0.394 e. The zero-order chi connectivity index (χ0) is 15.5. The van der Waals surface area contributed by atoms with Gasteiger partial charge < -0.3 is 35.6 Å². The number of aliphatic hydroxyl groups excluding tert-OH is 4. The smallest absolute Gasteiger partial charge is 0.217 e. The molecule has 6 atom stereocenters. The molecule has 1 rings (SSSR count). The van der Waals surface area contributed by atoms with Gasteiger partial charge in [-0.3, -0.25) is 4.79 Å². The first-order chi connectivity index (χ1) is 9.24. The lowest BCUT2D eigenvalue weighted by Crippen LogP contribution is -2.65. The molecular formula is C12H23NO7. The van der Waals surface area contributed by atoms with Crippen molar-refractivity contribution >= 4 is 5.91 Å². The minimum atomic E-state index is -1.66. The van der Waals surface area contributed by atoms with Crippen LogP contribution in [0.2, 0.25) is 0 Å². The molecule has 0 radical (unpaired) electrons. The highest BCUT2D eigenvalue weighted by Gasteiger charge is 2.49. The SMILES string of the molecule is CCC1(O)CC(O)C(NC(C)=O)C(C(O)C(O)CO)O1. The minimum absolute atomic E-state index is 0.132. The van der Waals surface area contributed by atoms with Crippen LogP contribution in [0.3, 0.4) is 0 Å². The Kier molecular flexibility index (Phi) is 5.87. The van der Waals surface area contributed by atoms with Crippen molar-refractivity contribution < 1.29 is 35.1 Å². The van der Waals surface area contributed by atoms with Gasteiger partial charge in [-0.15, -0.1) is 0 Å². The number of hydrogen-bond acceptors (Lipinski definition) is 7. The van der Waals surface area contributed by atoms with Crippen molar-refractivity contribution in [3.8, 4) is 0 Å². The van der Waals surface area contributed by atoms with E-state index < -0.39 is 48.8 Å². The molecule has 1 aliphatic heterocycles. The maximum absolute atomic E-state index is 11.2. The van der Waals surface area contributed by atoms with Crippen molar-refractivity contribution in [2.45, 2.75) is 62.9 Å². The molecule has 1 aliphatic rings. The average Bonchev–Trinajstić information content (AvgIpc) is 2.39. The van der Waals surface area contributed by atoms with Crippen LogP contribution in [0, 0.1) is 0 Å². The first-order valence-electron chi connectivity index (χ1n) is 6.56. The first kappa shape index (κ1) is 17.3. The second kappa shape index (κ2) is 6.79. The summed E-state index contributed by atoms with van der Waals surface area (Å²) in [6, 6.07) is -0.990. The van der Waals surface area contributed by atoms with Crippen LogP contribution in [0.4, 0.5) is 0 Å². The Morgan fingerprint density at radius 1 is 1.50 bits per heavy atom. The fourth-order valence-electron chi connectivity index (χ4n) is 2.30. The summed E-state index contributed by atoms with van der Waals surface area (Å²) in [4.78, 5) is 11.2. The number of hydrogen-bond donors (Lipinski definition) is 6. The molecular weight excluding hydrogens is 270 g/mol. The minimum Gasteiger partial charge on any atom is -0.394 e. The van der Waals surface area contributed by atoms with Crippen LogP contribution in [0.15, 0.2) is 0 Å². The van der Waals surface area contributed by atoms with Crippen LogP contribution in [0.25, 0.3) is 0 Å². The zero-order valence-electron chi connectivity index (χ0n) is 11.6. The maximum Gasteiger partial charge on any atom is 0.217 e. The van der Waals surface area contributed by atoms with E-state index in [4.69, 9.17) is 9.84 Å². The van der Waals surface area contributed by atoms with Gasteiger partial charge in [0, 0.05) is 13.3 Å². The van der Waals surface area contributed by atoms with Crippen LogP contribution in [0.1, 0.15) is 26.7 Å². The second-order valence-electron chi connectivity index (χ2n) is 5.12. The predicted molar refractivity (Wildman–Crippen MR) is 67.4 cm³/mol. The number of ether oxygens (including phenoxy) is 1. The molecule has 0 saturated carbocycles. The molecule has 6 N–H and O–H groups in total. The molecule has 0 aromatic heterocycles. The summed E-state index contributed by atoms with van der Waals surface area (Å²) >= 11 is 0. The molecule has 0 aromatic rings. The van der Waals surface area contributed by atoms with E-state index in [1.807, 2.05) is 0 Å². The topological polar surface area (TPSA) is 139 Å². The fourth-order valence-corrected chi connectivity index (χ4v) is 2.30. The Bertz CT molecular complexity index is 340. The van der Waals surface area contributed by atoms with Crippen LogP contribution < -0.4 is 5.32 Å². The van der Waals surface area contributed by atoms with Gasteiger partial charge in [0.25, 0.3) is 0 Å². The molecule has 20 heavy (non-hydrogen) atoms. The average molecular weight is 293 g/mol. The summed E-state index contributed by atoms with van der Waals surface area (Å²) in [6.45, 7) is 2.16. The third-order valence-electron chi connectivity index (χ3n) is 3.49. The molecule has 1 saturated heterocycles. The molecule has 6 unspecified atom stereocenters. The third kappa shape index (κ3) is 3.87. The zero-order valence-corrected chi connectivity index (χ0v) is 11.6. The third-order valence-corrected chi connectivity index (χ3v) is 3.49. The molecule has 8 nitrogen and oxygen atoms in total. The Morgan fingerprint density at radius 2 is 2.10 bits per heavy atom. The van der Waals surface area contributed by atoms with Crippen molar-refractivity contribution in [2.24, 2.45) is 0 Å². The Labute approximate surface area is 117 Å². The van der Waals surface area contributed by atoms with Gasteiger partial charge in [-0.2, -0.15) is 0 Å². The molecule has 0 spiro atoms. The van der Waals surface area contributed by atoms with Gasteiger partial charge in [-0.1, -0.05) is 6.92 Å². The van der Waals surface area contributed by atoms with Crippen molar-refractivity contribution in [1.82, 2.24) is 5.32 Å². The number of rotatable bonds is 5. The molecule has 8 heteroatoms. The molecule has 1 fully saturated rings. The van der Waals surface area contributed by atoms with Gasteiger partial charge in [-0.25, -0.2) is 0 Å². The van der Waals surface area contributed by atoms with E-state index >= 15 is 0 Å². The second-order valence-corrected chi connectivity index (χ2v) is 5.12. The Morgan fingerprint density at radius 3 is 2.55 bits per heavy atom. The monoisotopic (exact) mass is 293 g/mol. The normalized spacial score (nSPS) is 37.2. The molecule has 1 amide bonds. The van der Waals surface area contributed by atoms with E-state index in [1.165, 1.54) is 6.92 Å². The van der Waals surface area contributed by atoms with Gasteiger partial charge in [0.15, 0.2) is 5.79 Å². The lowest BCUT2D eigenvalue weighted by Gasteiger charge is -2.46. The molecule has 118 valence electrons. The quantitative estimate of drug-likeness (QED) is 0.328. The lowest BCUT2D eigenvalue weighted by atomic mass is 9.88. The number of carbonyl (C=O) groups is 1. The molecule has 0 aromatic carbocycles. The summed E-state index contributed by atoms with van der Waals surface area (Å²) in [6.07, 6.45) is -5.44. The summed E-state index contributed by atoms with van der Waals surface area (Å²) in [5.74, 6) is -2.11. The van der Waals surface area contributed by atoms with Gasteiger partial charge in [0.2, 0.25) is 5.91 Å². The first-order valence-corrected chi connectivity index (χ1v) is 6.56. The maximum atomic E-state index is 11.2. The molecule has 0 aliphatic carbocycles. The van der Waals surface area contributed by atoms with Gasteiger partial charge in [-0.05, 0) is 6.42 Å². The summed E-state index contributed by atoms with van der Waals surface area (Å²) in [5.41, 5.74) is 0. The lowest BCUT2D eigenvalue weighted by molar-refractivity contribution is -0.302. The standard InChI is InChI=1S/C12H23NO7/c1-3-12(19)4-7(16)9(13-6(2)15)11(20-12)10(18)8(17)5-14/h7-11,14,16-19H,3-5H2,1-2H3,(H,13,15). The number of carbonyl (C=O) groups excluding carboxylic acids is 1. The molecule has 1 heterocycles. The van der Waals surface area contributed by atoms with Crippen LogP contribution in [-0.2, 0) is 9.53 Å². The van der Waals surface area contributed by atoms with Crippen LogP contribution in [0.5, 0.6) is 0 Å². The van der Waals surface area contributed by atoms with Gasteiger partial charge in [0.05, 0.1) is 18.8 Å². The number of aliphatic hydroxyl groups is 5. The van der Waals surface area contributed by atoms with Crippen molar-refractivity contribution in [1.29, 1.82) is 0 Å². The summed E-state index contributed by atoms with van der Waals surface area (Å²) in [5, 5.41) is 50.9. The van der Waals surface area contributed by atoms with E-state index in [0.717, 1.165) is 0 Å². The van der Waals surface area contributed by atoms with E-state index in [2.05, 4.69) is 5.32 Å². The van der Waals surface area contributed by atoms with Crippen molar-refractivity contribution in [3.05, 3.63) is 0 Å². The van der Waals surface area contributed by atoms with Crippen LogP contribution in [-0.4, -0.2) is 74.3 Å². The highest BCUT2D eigenvalue weighted by molar-refractivity contribution is 5.73. The van der Waals surface area contributed by atoms with Gasteiger partial charge in [0.1, 0.15) is 18.3 Å². The summed E-state index contributed by atoms with van der Waals surface area (Å²) < 4.78 is 5.35. The van der Waals surface area contributed by atoms with E-state index in [-0.39, 0.29) is 12.8 Å². The Balaban J connectivity index is 2.98. The predicted octanol–water partition coefficient (Wildman–Crippen LogP) is -2.55. The summed E-state index contributed by atoms with van der Waals surface area (Å²) in [7, 11) is 0. The van der Waals surface area contributed by atoms with E-state index in [0.29, 0.717) is 0 Å². The molecule has 0 bridgehead atoms. The van der Waals surface area contributed by atoms with E-state index in [9.17, 15) is 25.2 Å². The van der Waals surface area contributed by atoms with Crippen LogP contribution >= 0.6 is 0 Å². The fraction of sp³-hybridized carbons (Fsp3) is 0.917. The Hall–Kier alpha value is -0.770. The van der Waals surface area contributed by atoms with Crippen molar-refractivity contribution in [2.75, 3.05) is 6.61 Å². The highest BCUT2D eigenvalue weighted by atomic mass is 16.6.